The number of methoxy groups -OCH3 is 1. The van der Waals surface area contributed by atoms with Gasteiger partial charge in [0, 0.05) is 12.3 Å². The first-order chi connectivity index (χ1) is 10.8. The number of hydrogen-bond donors (Lipinski definition) is 1. The molecule has 0 amide bonds. The summed E-state index contributed by atoms with van der Waals surface area (Å²) in [6.45, 7) is 1.42. The number of carbonyl (C=O) groups is 1. The minimum Gasteiger partial charge on any atom is -0.464 e. The van der Waals surface area contributed by atoms with Crippen LogP contribution in [0, 0.1) is 34.2 Å². The number of aryl methyl sites for hydroxylation is 1. The molecule has 9 heteroatoms. The summed E-state index contributed by atoms with van der Waals surface area (Å²) in [6.07, 6.45) is 1.06. The van der Waals surface area contributed by atoms with Gasteiger partial charge in [-0.3, -0.25) is 14.7 Å². The Morgan fingerprint density at radius 2 is 2.17 bits per heavy atom. The Kier molecular flexibility index (Phi) is 4.00. The predicted octanol–water partition coefficient (Wildman–Crippen LogP) is 2.07. The summed E-state index contributed by atoms with van der Waals surface area (Å²) in [4.78, 5) is 22.3. The molecule has 0 saturated heterocycles. The number of hydrogen-bond acceptors (Lipinski definition) is 6. The molecular weight excluding hydrogens is 307 g/mol. The fourth-order valence-corrected chi connectivity index (χ4v) is 2.12. The van der Waals surface area contributed by atoms with Crippen LogP contribution in [0.15, 0.2) is 18.3 Å². The van der Waals surface area contributed by atoms with Crippen molar-refractivity contribution in [2.45, 2.75) is 6.92 Å². The van der Waals surface area contributed by atoms with E-state index in [1.165, 1.54) is 13.0 Å². The van der Waals surface area contributed by atoms with Crippen molar-refractivity contribution in [1.29, 1.82) is 5.26 Å². The number of aromatic nitrogens is 1. The zero-order valence-corrected chi connectivity index (χ0v) is 12.2. The van der Waals surface area contributed by atoms with Crippen LogP contribution in [0.25, 0.3) is 5.69 Å². The van der Waals surface area contributed by atoms with E-state index in [1.807, 2.05) is 0 Å². The Labute approximate surface area is 129 Å². The van der Waals surface area contributed by atoms with E-state index in [-0.39, 0.29) is 22.5 Å². The second kappa shape index (κ2) is 5.76. The number of nitro groups is 1. The fourth-order valence-electron chi connectivity index (χ4n) is 2.12. The Morgan fingerprint density at radius 1 is 1.52 bits per heavy atom. The van der Waals surface area contributed by atoms with Crippen molar-refractivity contribution in [3.8, 4) is 11.8 Å². The largest absolute Gasteiger partial charge is 0.464 e. The number of ether oxygens (including phenoxy) is 1. The van der Waals surface area contributed by atoms with Gasteiger partial charge in [-0.05, 0) is 18.6 Å². The van der Waals surface area contributed by atoms with Crippen LogP contribution in [0.3, 0.4) is 0 Å². The van der Waals surface area contributed by atoms with Crippen LogP contribution < -0.4 is 5.73 Å². The van der Waals surface area contributed by atoms with Crippen LogP contribution in [0.5, 0.6) is 0 Å². The lowest BCUT2D eigenvalue weighted by Gasteiger charge is -2.11. The van der Waals surface area contributed by atoms with Crippen molar-refractivity contribution in [3.05, 3.63) is 51.1 Å². The third-order valence-corrected chi connectivity index (χ3v) is 3.27. The van der Waals surface area contributed by atoms with Crippen molar-refractivity contribution < 1.29 is 18.8 Å². The zero-order valence-electron chi connectivity index (χ0n) is 12.2. The van der Waals surface area contributed by atoms with Crippen molar-refractivity contribution >= 4 is 17.3 Å². The van der Waals surface area contributed by atoms with E-state index < -0.39 is 28.1 Å². The molecule has 0 atom stereocenters. The highest BCUT2D eigenvalue weighted by molar-refractivity contribution is 5.96. The molecule has 0 aliphatic carbocycles. The molecule has 0 fully saturated rings. The second-order valence-corrected chi connectivity index (χ2v) is 4.60. The Morgan fingerprint density at radius 3 is 2.70 bits per heavy atom. The third-order valence-electron chi connectivity index (χ3n) is 3.27. The Hall–Kier alpha value is -3.41. The summed E-state index contributed by atoms with van der Waals surface area (Å²) in [5.41, 5.74) is 4.07. The zero-order chi connectivity index (χ0) is 17.3. The van der Waals surface area contributed by atoms with Crippen LogP contribution >= 0.6 is 0 Å². The number of anilines is 1. The summed E-state index contributed by atoms with van der Waals surface area (Å²) < 4.78 is 19.9. The van der Waals surface area contributed by atoms with Gasteiger partial charge in [0.1, 0.15) is 6.07 Å². The number of nitrogens with two attached hydrogens (primary N) is 1. The normalized spacial score (nSPS) is 10.2. The van der Waals surface area contributed by atoms with Gasteiger partial charge in [-0.15, -0.1) is 0 Å². The van der Waals surface area contributed by atoms with Gasteiger partial charge in [0.2, 0.25) is 0 Å². The van der Waals surface area contributed by atoms with E-state index in [4.69, 9.17) is 11.0 Å². The summed E-state index contributed by atoms with van der Waals surface area (Å²) >= 11 is 0. The summed E-state index contributed by atoms with van der Waals surface area (Å²) in [5, 5.41) is 20.2. The monoisotopic (exact) mass is 318 g/mol. The van der Waals surface area contributed by atoms with Crippen molar-refractivity contribution in [1.82, 2.24) is 4.57 Å². The Bertz CT molecular complexity index is 867. The van der Waals surface area contributed by atoms with E-state index >= 15 is 0 Å². The van der Waals surface area contributed by atoms with Gasteiger partial charge >= 0.3 is 5.97 Å². The highest BCUT2D eigenvalue weighted by atomic mass is 19.1. The standard InChI is InChI=1S/C14H11FN4O4/c1-7-3-4-9(19(21)22)12(10(7)15)18-6-8(5-16)11(17)13(18)14(20)23-2/h3-4,6H,17H2,1-2H3. The first kappa shape index (κ1) is 16.0. The number of rotatable bonds is 3. The lowest BCUT2D eigenvalue weighted by molar-refractivity contribution is -0.384. The maximum atomic E-state index is 14.5. The molecule has 2 aromatic rings. The number of esters is 1. The minimum atomic E-state index is -0.945. The lowest BCUT2D eigenvalue weighted by Crippen LogP contribution is -2.13. The molecule has 1 aromatic heterocycles. The summed E-state index contributed by atoms with van der Waals surface area (Å²) in [7, 11) is 1.08. The number of carbonyl (C=O) groups excluding carboxylic acids is 1. The average Bonchev–Trinajstić information content (AvgIpc) is 2.85. The van der Waals surface area contributed by atoms with E-state index in [9.17, 15) is 19.3 Å². The van der Waals surface area contributed by atoms with E-state index in [1.54, 1.807) is 6.07 Å². The van der Waals surface area contributed by atoms with Gasteiger partial charge in [-0.25, -0.2) is 9.18 Å². The molecule has 1 aromatic carbocycles. The van der Waals surface area contributed by atoms with Crippen molar-refractivity contribution in [2.75, 3.05) is 12.8 Å². The average molecular weight is 318 g/mol. The summed E-state index contributed by atoms with van der Waals surface area (Å²) in [6, 6.07) is 4.09. The highest BCUT2D eigenvalue weighted by Crippen LogP contribution is 2.33. The van der Waals surface area contributed by atoms with Gasteiger partial charge in [-0.1, -0.05) is 0 Å². The molecular formula is C14H11FN4O4. The van der Waals surface area contributed by atoms with Gasteiger partial charge in [0.15, 0.2) is 17.2 Å². The SMILES string of the molecule is COC(=O)c1c(N)c(C#N)cn1-c1c([N+](=O)[O-])ccc(C)c1F. The molecule has 118 valence electrons. The summed E-state index contributed by atoms with van der Waals surface area (Å²) in [5.74, 6) is -1.84. The molecule has 0 aliphatic heterocycles. The number of benzene rings is 1. The van der Waals surface area contributed by atoms with Gasteiger partial charge in [0.25, 0.3) is 5.69 Å². The fraction of sp³-hybridized carbons (Fsp3) is 0.143. The number of halogens is 1. The molecule has 0 radical (unpaired) electrons. The quantitative estimate of drug-likeness (QED) is 0.525. The van der Waals surface area contributed by atoms with E-state index in [0.717, 1.165) is 23.9 Å². The minimum absolute atomic E-state index is 0.124. The molecule has 2 rings (SSSR count). The first-order valence-electron chi connectivity index (χ1n) is 6.26. The number of nitrogen functional groups attached to an aromatic ring is 1. The maximum Gasteiger partial charge on any atom is 0.357 e. The first-order valence-corrected chi connectivity index (χ1v) is 6.26. The van der Waals surface area contributed by atoms with Gasteiger partial charge in [-0.2, -0.15) is 5.26 Å². The van der Waals surface area contributed by atoms with Crippen LogP contribution in [-0.2, 0) is 4.74 Å². The molecule has 1 heterocycles. The predicted molar refractivity (Wildman–Crippen MR) is 77.6 cm³/mol. The molecule has 0 bridgehead atoms. The topological polar surface area (TPSA) is 124 Å². The number of nitro benzene ring substituents is 1. The molecule has 23 heavy (non-hydrogen) atoms. The van der Waals surface area contributed by atoms with Gasteiger partial charge < -0.3 is 10.5 Å². The van der Waals surface area contributed by atoms with E-state index in [2.05, 4.69) is 4.74 Å². The van der Waals surface area contributed by atoms with Crippen molar-refractivity contribution in [3.63, 3.8) is 0 Å². The molecule has 0 aliphatic rings. The third kappa shape index (κ3) is 2.46. The molecule has 2 N–H and O–H groups in total. The van der Waals surface area contributed by atoms with Crippen LogP contribution in [-0.4, -0.2) is 22.6 Å². The molecule has 0 spiro atoms. The maximum absolute atomic E-state index is 14.5. The number of nitriles is 1. The van der Waals surface area contributed by atoms with Crippen LogP contribution in [0.2, 0.25) is 0 Å². The lowest BCUT2D eigenvalue weighted by atomic mass is 10.1. The van der Waals surface area contributed by atoms with Gasteiger partial charge in [0.05, 0.1) is 23.3 Å². The molecule has 0 saturated carbocycles. The Balaban J connectivity index is 2.93. The molecule has 0 unspecified atom stereocenters. The smallest absolute Gasteiger partial charge is 0.357 e. The number of nitrogens with zero attached hydrogens (tertiary/aromatic N) is 3. The molecule has 8 nitrogen and oxygen atoms in total. The highest BCUT2D eigenvalue weighted by Gasteiger charge is 2.29. The van der Waals surface area contributed by atoms with Crippen molar-refractivity contribution in [2.24, 2.45) is 0 Å². The second-order valence-electron chi connectivity index (χ2n) is 4.60. The van der Waals surface area contributed by atoms with Crippen LogP contribution in [0.1, 0.15) is 21.6 Å². The van der Waals surface area contributed by atoms with E-state index in [0.29, 0.717) is 0 Å². The van der Waals surface area contributed by atoms with Crippen LogP contribution in [0.4, 0.5) is 15.8 Å².